The average molecular weight is 166 g/mol. The first-order valence-electron chi connectivity index (χ1n) is 4.20. The van der Waals surface area contributed by atoms with E-state index in [-0.39, 0.29) is 0 Å². The quantitative estimate of drug-likeness (QED) is 0.695. The van der Waals surface area contributed by atoms with Gasteiger partial charge in [0.05, 0.1) is 0 Å². The summed E-state index contributed by atoms with van der Waals surface area (Å²) in [7, 11) is 0. The Balaban J connectivity index is 1.92. The second-order valence-corrected chi connectivity index (χ2v) is 3.19. The standard InChI is InChI=1S/C9H11FN2/c10-9-5-8(3-4-11-9)12-6-7-1-2-7/h3-5,7H,1-2,6H2,(H,11,12). The molecule has 1 heterocycles. The van der Waals surface area contributed by atoms with Crippen molar-refractivity contribution in [3.05, 3.63) is 24.3 Å². The molecule has 2 rings (SSSR count). The molecule has 1 saturated carbocycles. The first-order chi connectivity index (χ1) is 5.84. The monoisotopic (exact) mass is 166 g/mol. The second-order valence-electron chi connectivity index (χ2n) is 3.19. The first-order valence-corrected chi connectivity index (χ1v) is 4.20. The van der Waals surface area contributed by atoms with Crippen LogP contribution in [0.5, 0.6) is 0 Å². The van der Waals surface area contributed by atoms with E-state index in [1.165, 1.54) is 25.1 Å². The molecule has 0 atom stereocenters. The van der Waals surface area contributed by atoms with E-state index in [2.05, 4.69) is 10.3 Å². The van der Waals surface area contributed by atoms with Gasteiger partial charge in [-0.05, 0) is 24.8 Å². The van der Waals surface area contributed by atoms with Crippen LogP contribution in [-0.2, 0) is 0 Å². The summed E-state index contributed by atoms with van der Waals surface area (Å²) in [5.74, 6) is 0.386. The van der Waals surface area contributed by atoms with Crippen LogP contribution in [0.15, 0.2) is 18.3 Å². The molecular formula is C9H11FN2. The lowest BCUT2D eigenvalue weighted by atomic mass is 10.3. The van der Waals surface area contributed by atoms with E-state index in [1.807, 2.05) is 0 Å². The maximum atomic E-state index is 12.6. The van der Waals surface area contributed by atoms with Crippen LogP contribution in [0.25, 0.3) is 0 Å². The highest BCUT2D eigenvalue weighted by Crippen LogP contribution is 2.28. The largest absolute Gasteiger partial charge is 0.385 e. The Bertz CT molecular complexity index is 271. The number of anilines is 1. The Labute approximate surface area is 70.8 Å². The van der Waals surface area contributed by atoms with Gasteiger partial charge in [-0.3, -0.25) is 0 Å². The molecule has 0 saturated heterocycles. The molecule has 1 aromatic heterocycles. The minimum absolute atomic E-state index is 0.421. The number of pyridine rings is 1. The van der Waals surface area contributed by atoms with Crippen molar-refractivity contribution in [2.75, 3.05) is 11.9 Å². The molecule has 0 aromatic carbocycles. The lowest BCUT2D eigenvalue weighted by Gasteiger charge is -2.03. The zero-order chi connectivity index (χ0) is 8.39. The number of hydrogen-bond donors (Lipinski definition) is 1. The molecule has 1 aliphatic carbocycles. The van der Waals surface area contributed by atoms with E-state index in [1.54, 1.807) is 6.07 Å². The molecule has 1 aromatic rings. The third kappa shape index (κ3) is 1.94. The van der Waals surface area contributed by atoms with Crippen molar-refractivity contribution in [2.45, 2.75) is 12.8 Å². The Morgan fingerprint density at radius 1 is 1.58 bits per heavy atom. The van der Waals surface area contributed by atoms with Crippen LogP contribution in [0, 0.1) is 11.9 Å². The Hall–Kier alpha value is -1.12. The van der Waals surface area contributed by atoms with Crippen LogP contribution in [0.4, 0.5) is 10.1 Å². The van der Waals surface area contributed by atoms with Crippen molar-refractivity contribution < 1.29 is 4.39 Å². The van der Waals surface area contributed by atoms with Gasteiger partial charge in [0.1, 0.15) is 0 Å². The zero-order valence-corrected chi connectivity index (χ0v) is 6.76. The van der Waals surface area contributed by atoms with E-state index < -0.39 is 5.95 Å². The summed E-state index contributed by atoms with van der Waals surface area (Å²) >= 11 is 0. The van der Waals surface area contributed by atoms with E-state index >= 15 is 0 Å². The van der Waals surface area contributed by atoms with Gasteiger partial charge in [0, 0.05) is 24.5 Å². The van der Waals surface area contributed by atoms with E-state index in [0.717, 1.165) is 18.2 Å². The molecule has 0 spiro atoms. The molecule has 0 aliphatic heterocycles. The summed E-state index contributed by atoms with van der Waals surface area (Å²) in [4.78, 5) is 3.48. The number of rotatable bonds is 3. The van der Waals surface area contributed by atoms with Crippen molar-refractivity contribution >= 4 is 5.69 Å². The molecule has 12 heavy (non-hydrogen) atoms. The SMILES string of the molecule is Fc1cc(NCC2CC2)ccn1. The number of aromatic nitrogens is 1. The summed E-state index contributed by atoms with van der Waals surface area (Å²) in [5, 5.41) is 3.17. The third-order valence-corrected chi connectivity index (χ3v) is 2.02. The molecule has 1 aliphatic rings. The van der Waals surface area contributed by atoms with Crippen LogP contribution in [0.1, 0.15) is 12.8 Å². The van der Waals surface area contributed by atoms with Gasteiger partial charge < -0.3 is 5.32 Å². The molecule has 1 N–H and O–H groups in total. The number of nitrogens with one attached hydrogen (secondary N) is 1. The van der Waals surface area contributed by atoms with Gasteiger partial charge in [-0.15, -0.1) is 0 Å². The van der Waals surface area contributed by atoms with Gasteiger partial charge in [-0.25, -0.2) is 4.98 Å². The zero-order valence-electron chi connectivity index (χ0n) is 6.76. The fourth-order valence-corrected chi connectivity index (χ4v) is 1.10. The molecule has 0 amide bonds. The smallest absolute Gasteiger partial charge is 0.214 e. The highest BCUT2D eigenvalue weighted by Gasteiger charge is 2.20. The normalized spacial score (nSPS) is 16.1. The summed E-state index contributed by atoms with van der Waals surface area (Å²) in [5.41, 5.74) is 0.828. The Morgan fingerprint density at radius 3 is 3.08 bits per heavy atom. The maximum Gasteiger partial charge on any atom is 0.214 e. The van der Waals surface area contributed by atoms with Gasteiger partial charge in [-0.1, -0.05) is 0 Å². The molecular weight excluding hydrogens is 155 g/mol. The summed E-state index contributed by atoms with van der Waals surface area (Å²) in [6, 6.07) is 3.20. The number of hydrogen-bond acceptors (Lipinski definition) is 2. The van der Waals surface area contributed by atoms with Crippen LogP contribution >= 0.6 is 0 Å². The lowest BCUT2D eigenvalue weighted by molar-refractivity contribution is 0.584. The molecule has 64 valence electrons. The van der Waals surface area contributed by atoms with Crippen LogP contribution in [0.2, 0.25) is 0 Å². The van der Waals surface area contributed by atoms with Gasteiger partial charge in [0.2, 0.25) is 5.95 Å². The first kappa shape index (κ1) is 7.53. The predicted molar refractivity (Wildman–Crippen MR) is 45.4 cm³/mol. The van der Waals surface area contributed by atoms with E-state index in [0.29, 0.717) is 0 Å². The minimum Gasteiger partial charge on any atom is -0.385 e. The van der Waals surface area contributed by atoms with Crippen LogP contribution < -0.4 is 5.32 Å². The Morgan fingerprint density at radius 2 is 2.42 bits per heavy atom. The maximum absolute atomic E-state index is 12.6. The fourth-order valence-electron chi connectivity index (χ4n) is 1.10. The van der Waals surface area contributed by atoms with Crippen molar-refractivity contribution in [2.24, 2.45) is 5.92 Å². The fraction of sp³-hybridized carbons (Fsp3) is 0.444. The molecule has 0 radical (unpaired) electrons. The molecule has 1 fully saturated rings. The molecule has 0 bridgehead atoms. The van der Waals surface area contributed by atoms with Crippen LogP contribution in [-0.4, -0.2) is 11.5 Å². The number of nitrogens with zero attached hydrogens (tertiary/aromatic N) is 1. The summed E-state index contributed by atoms with van der Waals surface area (Å²) < 4.78 is 12.6. The van der Waals surface area contributed by atoms with Crippen molar-refractivity contribution in [1.82, 2.24) is 4.98 Å². The number of halogens is 1. The van der Waals surface area contributed by atoms with Gasteiger partial charge >= 0.3 is 0 Å². The molecule has 0 unspecified atom stereocenters. The van der Waals surface area contributed by atoms with Gasteiger partial charge in [0.15, 0.2) is 0 Å². The average Bonchev–Trinajstić information content (AvgIpc) is 2.84. The van der Waals surface area contributed by atoms with Crippen molar-refractivity contribution in [3.63, 3.8) is 0 Å². The van der Waals surface area contributed by atoms with E-state index in [9.17, 15) is 4.39 Å². The third-order valence-electron chi connectivity index (χ3n) is 2.02. The van der Waals surface area contributed by atoms with Gasteiger partial charge in [-0.2, -0.15) is 4.39 Å². The Kier molecular flexibility index (Phi) is 1.94. The summed E-state index contributed by atoms with van der Waals surface area (Å²) in [6.45, 7) is 0.962. The summed E-state index contributed by atoms with van der Waals surface area (Å²) in [6.07, 6.45) is 4.09. The van der Waals surface area contributed by atoms with Crippen LogP contribution in [0.3, 0.4) is 0 Å². The second kappa shape index (κ2) is 3.09. The topological polar surface area (TPSA) is 24.9 Å². The van der Waals surface area contributed by atoms with Crippen molar-refractivity contribution in [1.29, 1.82) is 0 Å². The molecule has 2 nitrogen and oxygen atoms in total. The lowest BCUT2D eigenvalue weighted by Crippen LogP contribution is -2.03. The molecule has 3 heteroatoms. The van der Waals surface area contributed by atoms with Crippen molar-refractivity contribution in [3.8, 4) is 0 Å². The minimum atomic E-state index is -0.421. The highest BCUT2D eigenvalue weighted by molar-refractivity contribution is 5.41. The predicted octanol–water partition coefficient (Wildman–Crippen LogP) is 2.04. The van der Waals surface area contributed by atoms with Gasteiger partial charge in [0.25, 0.3) is 0 Å². The highest BCUT2D eigenvalue weighted by atomic mass is 19.1. The van der Waals surface area contributed by atoms with E-state index in [4.69, 9.17) is 0 Å².